The van der Waals surface area contributed by atoms with Crippen LogP contribution in [0.4, 0.5) is 10.6 Å². The monoisotopic (exact) mass is 512 g/mol. The summed E-state index contributed by atoms with van der Waals surface area (Å²) >= 11 is 0. The van der Waals surface area contributed by atoms with Gasteiger partial charge in [-0.05, 0) is 61.1 Å². The van der Waals surface area contributed by atoms with Gasteiger partial charge in [0, 0.05) is 0 Å². The van der Waals surface area contributed by atoms with Crippen LogP contribution in [0.15, 0.2) is 72.8 Å². The van der Waals surface area contributed by atoms with E-state index in [9.17, 15) is 14.7 Å². The molecule has 2 N–H and O–H groups in total. The van der Waals surface area contributed by atoms with Crippen LogP contribution in [-0.2, 0) is 14.9 Å². The number of benzene rings is 3. The Morgan fingerprint density at radius 2 is 1.71 bits per heavy atom. The second-order valence-electron chi connectivity index (χ2n) is 9.37. The van der Waals surface area contributed by atoms with E-state index in [1.54, 1.807) is 21.0 Å². The van der Waals surface area contributed by atoms with Gasteiger partial charge in [-0.3, -0.25) is 10.1 Å². The molecule has 0 aliphatic heterocycles. The number of aromatic nitrogens is 3. The Labute approximate surface area is 220 Å². The minimum absolute atomic E-state index is 0.370. The number of anilines is 1. The van der Waals surface area contributed by atoms with E-state index in [0.717, 1.165) is 22.3 Å². The smallest absolute Gasteiger partial charge is 0.413 e. The van der Waals surface area contributed by atoms with Gasteiger partial charge in [0.1, 0.15) is 23.2 Å². The van der Waals surface area contributed by atoms with Crippen LogP contribution >= 0.6 is 0 Å². The third kappa shape index (κ3) is 4.70. The average molecular weight is 513 g/mol. The zero-order chi connectivity index (χ0) is 26.9. The third-order valence-corrected chi connectivity index (χ3v) is 6.95. The molecule has 5 rings (SSSR count). The van der Waals surface area contributed by atoms with Crippen molar-refractivity contribution in [2.75, 3.05) is 12.4 Å². The van der Waals surface area contributed by atoms with Crippen molar-refractivity contribution in [3.8, 4) is 22.6 Å². The van der Waals surface area contributed by atoms with Crippen molar-refractivity contribution in [2.45, 2.75) is 38.2 Å². The molecule has 4 aromatic rings. The molecular weight excluding hydrogens is 484 g/mol. The summed E-state index contributed by atoms with van der Waals surface area (Å²) in [5.41, 5.74) is 3.87. The lowest BCUT2D eigenvalue weighted by molar-refractivity contribution is -0.140. The molecule has 3 aromatic carbocycles. The van der Waals surface area contributed by atoms with Crippen LogP contribution in [0.5, 0.6) is 5.75 Å². The van der Waals surface area contributed by atoms with Gasteiger partial charge in [0.05, 0.1) is 12.5 Å². The molecule has 1 saturated carbocycles. The molecule has 0 unspecified atom stereocenters. The quantitative estimate of drug-likeness (QED) is 0.312. The molecule has 0 bridgehead atoms. The Bertz CT molecular complexity index is 1480. The highest BCUT2D eigenvalue weighted by atomic mass is 16.6. The van der Waals surface area contributed by atoms with Crippen LogP contribution in [0.3, 0.4) is 0 Å². The summed E-state index contributed by atoms with van der Waals surface area (Å²) in [7, 11) is 1.56. The number of carbonyl (C=O) groups is 2. The number of aliphatic carboxylic acids is 1. The van der Waals surface area contributed by atoms with Crippen molar-refractivity contribution < 1.29 is 24.2 Å². The number of rotatable bonds is 8. The molecule has 1 aliphatic rings. The predicted octanol–water partition coefficient (Wildman–Crippen LogP) is 5.68. The summed E-state index contributed by atoms with van der Waals surface area (Å²) in [5, 5.41) is 20.7. The van der Waals surface area contributed by atoms with Crippen molar-refractivity contribution in [1.82, 2.24) is 15.0 Å². The highest BCUT2D eigenvalue weighted by Gasteiger charge is 2.51. The van der Waals surface area contributed by atoms with Gasteiger partial charge in [-0.2, -0.15) is 4.68 Å². The number of hydrogen-bond donors (Lipinski definition) is 2. The first-order valence-corrected chi connectivity index (χ1v) is 12.3. The molecule has 194 valence electrons. The second kappa shape index (κ2) is 10.0. The lowest BCUT2D eigenvalue weighted by Gasteiger charge is -2.16. The summed E-state index contributed by atoms with van der Waals surface area (Å²) in [6.07, 6.45) is 0.262. The SMILES string of the molecule is COc1cc(-c2ccc(C3(C(=O)O)CC3)cc2)ccc1-n1nnc(C)c1NC(=O)O[C@H](C)c1ccccc1. The van der Waals surface area contributed by atoms with Crippen LogP contribution in [0.2, 0.25) is 0 Å². The van der Waals surface area contributed by atoms with Gasteiger partial charge >= 0.3 is 12.1 Å². The van der Waals surface area contributed by atoms with E-state index >= 15 is 0 Å². The average Bonchev–Trinajstić information content (AvgIpc) is 3.68. The first-order valence-electron chi connectivity index (χ1n) is 12.3. The van der Waals surface area contributed by atoms with Gasteiger partial charge in [0.15, 0.2) is 5.82 Å². The van der Waals surface area contributed by atoms with Crippen LogP contribution in [0, 0.1) is 6.92 Å². The minimum atomic E-state index is -0.776. The molecular formula is C29H28N4O5. The standard InChI is InChI=1S/C29H28N4O5/c1-18-26(30-28(36)38-19(2)20-7-5-4-6-8-20)33(32-31-18)24-14-11-22(17-25(24)37-3)21-9-12-23(13-10-21)29(15-16-29)27(34)35/h4-14,17,19H,15-16H2,1-3H3,(H,30,36)(H,34,35)/t19-/m1/s1. The number of nitrogens with zero attached hydrogens (tertiary/aromatic N) is 3. The van der Waals surface area contributed by atoms with Crippen LogP contribution in [0.25, 0.3) is 16.8 Å². The van der Waals surface area contributed by atoms with Crippen LogP contribution in [-0.4, -0.2) is 39.3 Å². The number of nitrogens with one attached hydrogen (secondary N) is 1. The fraction of sp³-hybridized carbons (Fsp3) is 0.241. The lowest BCUT2D eigenvalue weighted by Crippen LogP contribution is -2.19. The van der Waals surface area contributed by atoms with Crippen LogP contribution in [0.1, 0.15) is 42.7 Å². The lowest BCUT2D eigenvalue weighted by atomic mass is 9.94. The molecule has 1 fully saturated rings. The molecule has 9 heteroatoms. The van der Waals surface area contributed by atoms with Crippen molar-refractivity contribution in [1.29, 1.82) is 0 Å². The van der Waals surface area contributed by atoms with Crippen molar-refractivity contribution in [2.24, 2.45) is 0 Å². The second-order valence-corrected chi connectivity index (χ2v) is 9.37. The maximum Gasteiger partial charge on any atom is 0.413 e. The van der Waals surface area contributed by atoms with Gasteiger partial charge in [-0.15, -0.1) is 5.10 Å². The minimum Gasteiger partial charge on any atom is -0.494 e. The largest absolute Gasteiger partial charge is 0.494 e. The topological polar surface area (TPSA) is 116 Å². The number of carboxylic acid groups (broad SMARTS) is 1. The summed E-state index contributed by atoms with van der Waals surface area (Å²) in [4.78, 5) is 24.3. The van der Waals surface area contributed by atoms with E-state index in [1.807, 2.05) is 72.8 Å². The normalized spacial score (nSPS) is 14.4. The summed E-state index contributed by atoms with van der Waals surface area (Å²) in [6, 6.07) is 22.7. The van der Waals surface area contributed by atoms with Crippen molar-refractivity contribution >= 4 is 17.9 Å². The number of amides is 1. The van der Waals surface area contributed by atoms with Gasteiger partial charge in [-0.25, -0.2) is 4.79 Å². The van der Waals surface area contributed by atoms with Crippen molar-refractivity contribution in [3.05, 3.63) is 89.6 Å². The fourth-order valence-electron chi connectivity index (χ4n) is 4.51. The molecule has 0 spiro atoms. The highest BCUT2D eigenvalue weighted by Crippen LogP contribution is 2.48. The van der Waals surface area contributed by atoms with Crippen LogP contribution < -0.4 is 10.1 Å². The summed E-state index contributed by atoms with van der Waals surface area (Å²) < 4.78 is 12.7. The summed E-state index contributed by atoms with van der Waals surface area (Å²) in [6.45, 7) is 3.55. The van der Waals surface area contributed by atoms with E-state index in [0.29, 0.717) is 35.8 Å². The Hall–Kier alpha value is -4.66. The van der Waals surface area contributed by atoms with Gasteiger partial charge < -0.3 is 14.6 Å². The summed E-state index contributed by atoms with van der Waals surface area (Å²) in [5.74, 6) is 0.117. The highest BCUT2D eigenvalue weighted by molar-refractivity contribution is 5.86. The molecule has 1 aromatic heterocycles. The number of carbonyl (C=O) groups excluding carboxylic acids is 1. The maximum atomic E-state index is 12.7. The van der Waals surface area contributed by atoms with Gasteiger partial charge in [0.25, 0.3) is 0 Å². The molecule has 38 heavy (non-hydrogen) atoms. The van der Waals surface area contributed by atoms with E-state index in [1.165, 1.54) is 4.68 Å². The van der Waals surface area contributed by atoms with E-state index in [2.05, 4.69) is 15.6 Å². The molecule has 1 aliphatic carbocycles. The number of methoxy groups -OCH3 is 1. The zero-order valence-electron chi connectivity index (χ0n) is 21.3. The van der Waals surface area contributed by atoms with E-state index < -0.39 is 23.6 Å². The number of hydrogen-bond acceptors (Lipinski definition) is 6. The Morgan fingerprint density at radius 1 is 1.03 bits per heavy atom. The fourth-order valence-corrected chi connectivity index (χ4v) is 4.51. The van der Waals surface area contributed by atoms with E-state index in [4.69, 9.17) is 9.47 Å². The molecule has 0 radical (unpaired) electrons. The number of aryl methyl sites for hydroxylation is 1. The Kier molecular flexibility index (Phi) is 6.59. The molecule has 9 nitrogen and oxygen atoms in total. The Balaban J connectivity index is 1.37. The third-order valence-electron chi connectivity index (χ3n) is 6.95. The molecule has 0 saturated heterocycles. The first kappa shape index (κ1) is 25.0. The molecule has 1 heterocycles. The van der Waals surface area contributed by atoms with Gasteiger partial charge in [0.2, 0.25) is 0 Å². The molecule has 1 atom stereocenters. The van der Waals surface area contributed by atoms with E-state index in [-0.39, 0.29) is 0 Å². The molecule has 1 amide bonds. The first-order chi connectivity index (χ1) is 18.3. The van der Waals surface area contributed by atoms with Gasteiger partial charge in [-0.1, -0.05) is 65.9 Å². The Morgan fingerprint density at radius 3 is 2.34 bits per heavy atom. The zero-order valence-corrected chi connectivity index (χ0v) is 21.3. The number of carboxylic acids is 1. The predicted molar refractivity (Wildman–Crippen MR) is 142 cm³/mol. The number of ether oxygens (including phenoxy) is 2. The van der Waals surface area contributed by atoms with Crippen molar-refractivity contribution in [3.63, 3.8) is 0 Å². The maximum absolute atomic E-state index is 12.7.